The molecule has 6 heteroatoms. The maximum atomic E-state index is 12.7. The maximum Gasteiger partial charge on any atom is 0.171 e. The first-order valence-electron chi connectivity index (χ1n) is 4.07. The van der Waals surface area contributed by atoms with E-state index in [-0.39, 0.29) is 11.9 Å². The number of hydrogen-bond acceptors (Lipinski definition) is 4. The molecule has 1 saturated heterocycles. The van der Waals surface area contributed by atoms with E-state index in [1.54, 1.807) is 0 Å². The zero-order valence-electron chi connectivity index (χ0n) is 6.85. The van der Waals surface area contributed by atoms with E-state index >= 15 is 0 Å². The normalized spacial score (nSPS) is 27.8. The van der Waals surface area contributed by atoms with Gasteiger partial charge in [-0.3, -0.25) is 10.1 Å². The zero-order valence-corrected chi connectivity index (χ0v) is 6.85. The van der Waals surface area contributed by atoms with Crippen LogP contribution in [-0.4, -0.2) is 27.6 Å². The molecule has 1 fully saturated rings. The lowest BCUT2D eigenvalue weighted by Crippen LogP contribution is -2.24. The third-order valence-electron chi connectivity index (χ3n) is 2.03. The quantitative estimate of drug-likeness (QED) is 0.529. The van der Waals surface area contributed by atoms with E-state index < -0.39 is 6.30 Å². The minimum Gasteiger partial charge on any atom is -0.296 e. The Hall–Kier alpha value is -1.30. The van der Waals surface area contributed by atoms with Crippen molar-refractivity contribution in [2.75, 3.05) is 0 Å². The van der Waals surface area contributed by atoms with Gasteiger partial charge in [0.2, 0.25) is 0 Å². The van der Waals surface area contributed by atoms with Crippen LogP contribution in [0.25, 0.3) is 0 Å². The monoisotopic (exact) mass is 184 g/mol. The number of carbonyl (C=O) groups is 1. The number of hydrogen-bond donors (Lipinski definition) is 1. The van der Waals surface area contributed by atoms with Crippen LogP contribution >= 0.6 is 0 Å². The van der Waals surface area contributed by atoms with Crippen molar-refractivity contribution in [3.05, 3.63) is 11.9 Å². The molecule has 0 aromatic carbocycles. The van der Waals surface area contributed by atoms with Crippen molar-refractivity contribution < 1.29 is 9.18 Å². The molecule has 0 bridgehead atoms. The third kappa shape index (κ3) is 1.57. The highest BCUT2D eigenvalue weighted by atomic mass is 19.1. The Labute approximate surface area is 73.9 Å². The van der Waals surface area contributed by atoms with Gasteiger partial charge in [-0.15, -0.1) is 5.10 Å². The SMILES string of the molecule is O=Cc1cn(C2CCC(F)N2)nn1. The van der Waals surface area contributed by atoms with E-state index in [1.165, 1.54) is 10.9 Å². The van der Waals surface area contributed by atoms with Crippen LogP contribution in [0.2, 0.25) is 0 Å². The van der Waals surface area contributed by atoms with E-state index in [9.17, 15) is 9.18 Å². The Kier molecular flexibility index (Phi) is 2.05. The summed E-state index contributed by atoms with van der Waals surface area (Å²) in [6, 6.07) is 0. The lowest BCUT2D eigenvalue weighted by molar-refractivity contribution is 0.111. The van der Waals surface area contributed by atoms with Crippen LogP contribution in [0.5, 0.6) is 0 Å². The smallest absolute Gasteiger partial charge is 0.171 e. The first kappa shape index (κ1) is 8.31. The van der Waals surface area contributed by atoms with E-state index in [0.29, 0.717) is 19.1 Å². The molecule has 2 rings (SSSR count). The summed E-state index contributed by atoms with van der Waals surface area (Å²) in [5.74, 6) is 0. The molecule has 1 aliphatic heterocycles. The summed E-state index contributed by atoms with van der Waals surface area (Å²) in [4.78, 5) is 10.3. The van der Waals surface area contributed by atoms with Gasteiger partial charge < -0.3 is 0 Å². The van der Waals surface area contributed by atoms with Crippen LogP contribution < -0.4 is 5.32 Å². The molecule has 0 saturated carbocycles. The van der Waals surface area contributed by atoms with Crippen molar-refractivity contribution in [1.82, 2.24) is 20.3 Å². The zero-order chi connectivity index (χ0) is 9.26. The second-order valence-electron chi connectivity index (χ2n) is 2.97. The molecule has 1 aromatic heterocycles. The number of nitrogens with one attached hydrogen (secondary N) is 1. The molecule has 1 N–H and O–H groups in total. The van der Waals surface area contributed by atoms with Crippen LogP contribution in [0.1, 0.15) is 29.5 Å². The highest BCUT2D eigenvalue weighted by molar-refractivity contribution is 5.70. The molecule has 1 aromatic rings. The Morgan fingerprint density at radius 1 is 1.69 bits per heavy atom. The fraction of sp³-hybridized carbons (Fsp3) is 0.571. The van der Waals surface area contributed by atoms with Gasteiger partial charge in [0.1, 0.15) is 11.9 Å². The highest BCUT2D eigenvalue weighted by Crippen LogP contribution is 2.20. The fourth-order valence-electron chi connectivity index (χ4n) is 1.38. The third-order valence-corrected chi connectivity index (χ3v) is 2.03. The standard InChI is InChI=1S/C7H9FN4O/c8-6-1-2-7(9-6)12-3-5(4-13)10-11-12/h3-4,6-7,9H,1-2H2. The van der Waals surface area contributed by atoms with Crippen LogP contribution in [0.4, 0.5) is 4.39 Å². The predicted molar refractivity (Wildman–Crippen MR) is 41.7 cm³/mol. The molecular formula is C7H9FN4O. The summed E-state index contributed by atoms with van der Waals surface area (Å²) in [6.45, 7) is 0. The predicted octanol–water partition coefficient (Wildman–Crippen LogP) is 0.268. The van der Waals surface area contributed by atoms with E-state index in [4.69, 9.17) is 0 Å². The minimum absolute atomic E-state index is 0.170. The van der Waals surface area contributed by atoms with E-state index in [1.807, 2.05) is 0 Å². The topological polar surface area (TPSA) is 59.8 Å². The van der Waals surface area contributed by atoms with Gasteiger partial charge in [-0.2, -0.15) is 0 Å². The number of nitrogens with zero attached hydrogens (tertiary/aromatic N) is 3. The summed E-state index contributed by atoms with van der Waals surface area (Å²) in [7, 11) is 0. The summed E-state index contributed by atoms with van der Waals surface area (Å²) < 4.78 is 14.2. The first-order chi connectivity index (χ1) is 6.29. The number of carbonyl (C=O) groups excluding carboxylic acids is 1. The Bertz CT molecular complexity index is 313. The van der Waals surface area contributed by atoms with E-state index in [2.05, 4.69) is 15.6 Å². The van der Waals surface area contributed by atoms with Gasteiger partial charge in [0, 0.05) is 0 Å². The molecular weight excluding hydrogens is 175 g/mol. The van der Waals surface area contributed by atoms with Crippen LogP contribution in [0.15, 0.2) is 6.20 Å². The van der Waals surface area contributed by atoms with Crippen LogP contribution in [0.3, 0.4) is 0 Å². The van der Waals surface area contributed by atoms with Crippen molar-refractivity contribution >= 4 is 6.29 Å². The van der Waals surface area contributed by atoms with Crippen LogP contribution in [-0.2, 0) is 0 Å². The summed E-state index contributed by atoms with van der Waals surface area (Å²) in [6.07, 6.45) is 2.11. The molecule has 0 radical (unpaired) electrons. The van der Waals surface area contributed by atoms with Crippen molar-refractivity contribution in [2.24, 2.45) is 0 Å². The van der Waals surface area contributed by atoms with Gasteiger partial charge in [0.05, 0.1) is 6.20 Å². The molecule has 13 heavy (non-hydrogen) atoms. The lowest BCUT2D eigenvalue weighted by atomic mass is 10.3. The van der Waals surface area contributed by atoms with Gasteiger partial charge in [-0.1, -0.05) is 5.21 Å². The highest BCUT2D eigenvalue weighted by Gasteiger charge is 2.25. The number of alkyl halides is 1. The minimum atomic E-state index is -0.978. The lowest BCUT2D eigenvalue weighted by Gasteiger charge is -2.08. The average Bonchev–Trinajstić information content (AvgIpc) is 2.71. The molecule has 2 unspecified atom stereocenters. The summed E-state index contributed by atoms with van der Waals surface area (Å²) in [5.41, 5.74) is 0.268. The molecule has 0 aliphatic carbocycles. The molecule has 0 amide bonds. The summed E-state index contributed by atoms with van der Waals surface area (Å²) >= 11 is 0. The second kappa shape index (κ2) is 3.21. The van der Waals surface area contributed by atoms with Crippen molar-refractivity contribution in [3.63, 3.8) is 0 Å². The van der Waals surface area contributed by atoms with Crippen molar-refractivity contribution in [2.45, 2.75) is 25.3 Å². The molecule has 1 aliphatic rings. The van der Waals surface area contributed by atoms with Crippen molar-refractivity contribution in [1.29, 1.82) is 0 Å². The maximum absolute atomic E-state index is 12.7. The van der Waals surface area contributed by atoms with Gasteiger partial charge in [0.25, 0.3) is 0 Å². The largest absolute Gasteiger partial charge is 0.296 e. The Morgan fingerprint density at radius 2 is 2.54 bits per heavy atom. The van der Waals surface area contributed by atoms with Crippen molar-refractivity contribution in [3.8, 4) is 0 Å². The summed E-state index contributed by atoms with van der Waals surface area (Å²) in [5, 5.41) is 9.98. The van der Waals surface area contributed by atoms with Gasteiger partial charge in [-0.25, -0.2) is 9.07 Å². The van der Waals surface area contributed by atoms with Crippen LogP contribution in [0, 0.1) is 0 Å². The second-order valence-corrected chi connectivity index (χ2v) is 2.97. The number of aromatic nitrogens is 3. The fourth-order valence-corrected chi connectivity index (χ4v) is 1.38. The van der Waals surface area contributed by atoms with Gasteiger partial charge >= 0.3 is 0 Å². The van der Waals surface area contributed by atoms with E-state index in [0.717, 1.165) is 0 Å². The molecule has 70 valence electrons. The van der Waals surface area contributed by atoms with Gasteiger partial charge in [-0.05, 0) is 12.8 Å². The Balaban J connectivity index is 2.12. The number of aldehydes is 1. The molecule has 2 heterocycles. The first-order valence-corrected chi connectivity index (χ1v) is 4.07. The van der Waals surface area contributed by atoms with Gasteiger partial charge in [0.15, 0.2) is 12.6 Å². The average molecular weight is 184 g/mol. The number of halogens is 1. The molecule has 5 nitrogen and oxygen atoms in total. The molecule has 0 spiro atoms. The number of rotatable bonds is 2. The molecule has 2 atom stereocenters. The Morgan fingerprint density at radius 3 is 3.08 bits per heavy atom.